The summed E-state index contributed by atoms with van der Waals surface area (Å²) in [5.74, 6) is 0.124. The third-order valence-corrected chi connectivity index (χ3v) is 2.86. The first kappa shape index (κ1) is 12.5. The van der Waals surface area contributed by atoms with Crippen molar-refractivity contribution < 1.29 is 4.79 Å². The summed E-state index contributed by atoms with van der Waals surface area (Å²) >= 11 is 0. The van der Waals surface area contributed by atoms with Crippen LogP contribution in [0.25, 0.3) is 0 Å². The number of carbonyl (C=O) groups excluding carboxylic acids is 1. The molecule has 4 nitrogen and oxygen atoms in total. The van der Waals surface area contributed by atoms with Crippen molar-refractivity contribution in [1.29, 1.82) is 0 Å². The number of rotatable bonds is 5. The molecule has 3 N–H and O–H groups in total. The molecule has 0 radical (unpaired) electrons. The second-order valence-corrected chi connectivity index (χ2v) is 4.36. The summed E-state index contributed by atoms with van der Waals surface area (Å²) in [7, 11) is 0. The fourth-order valence-corrected chi connectivity index (χ4v) is 1.85. The zero-order valence-corrected chi connectivity index (χ0v) is 9.67. The zero-order chi connectivity index (χ0) is 11.1. The van der Waals surface area contributed by atoms with Crippen molar-refractivity contribution in [3.05, 3.63) is 0 Å². The molecule has 0 saturated carbocycles. The Kier molecular flexibility index (Phi) is 5.65. The largest absolute Gasteiger partial charge is 0.352 e. The number of likely N-dealkylation sites (tertiary alicyclic amines) is 1. The standard InChI is InChI=1S/C11H23N3O/c1-10(9-12)13-11(15)5-8-14-6-3-2-4-7-14/h10H,2-9,12H2,1H3,(H,13,15). The molecule has 0 spiro atoms. The maximum atomic E-state index is 11.5. The van der Waals surface area contributed by atoms with Crippen molar-refractivity contribution in [3.63, 3.8) is 0 Å². The Morgan fingerprint density at radius 2 is 2.07 bits per heavy atom. The van der Waals surface area contributed by atoms with Crippen molar-refractivity contribution in [2.24, 2.45) is 5.73 Å². The third-order valence-electron chi connectivity index (χ3n) is 2.86. The van der Waals surface area contributed by atoms with E-state index in [9.17, 15) is 4.79 Å². The Labute approximate surface area is 92.2 Å². The molecule has 1 heterocycles. The number of piperidine rings is 1. The van der Waals surface area contributed by atoms with E-state index in [4.69, 9.17) is 5.73 Å². The van der Waals surface area contributed by atoms with Crippen molar-refractivity contribution in [2.75, 3.05) is 26.2 Å². The first-order chi connectivity index (χ1) is 7.22. The van der Waals surface area contributed by atoms with Crippen LogP contribution >= 0.6 is 0 Å². The summed E-state index contributed by atoms with van der Waals surface area (Å²) in [6, 6.07) is 0.0962. The minimum absolute atomic E-state index is 0.0962. The van der Waals surface area contributed by atoms with Gasteiger partial charge in [-0.15, -0.1) is 0 Å². The van der Waals surface area contributed by atoms with E-state index in [1.54, 1.807) is 0 Å². The molecular weight excluding hydrogens is 190 g/mol. The molecule has 1 aliphatic rings. The van der Waals surface area contributed by atoms with E-state index >= 15 is 0 Å². The Hall–Kier alpha value is -0.610. The van der Waals surface area contributed by atoms with Crippen LogP contribution in [0.2, 0.25) is 0 Å². The van der Waals surface area contributed by atoms with E-state index in [1.165, 1.54) is 19.3 Å². The van der Waals surface area contributed by atoms with Gasteiger partial charge in [-0.3, -0.25) is 4.79 Å². The van der Waals surface area contributed by atoms with Gasteiger partial charge in [-0.05, 0) is 32.9 Å². The minimum atomic E-state index is 0.0962. The van der Waals surface area contributed by atoms with E-state index in [0.29, 0.717) is 13.0 Å². The van der Waals surface area contributed by atoms with Crippen molar-refractivity contribution in [3.8, 4) is 0 Å². The summed E-state index contributed by atoms with van der Waals surface area (Å²) in [5.41, 5.74) is 5.43. The molecule has 1 saturated heterocycles. The van der Waals surface area contributed by atoms with Crippen molar-refractivity contribution in [1.82, 2.24) is 10.2 Å². The maximum absolute atomic E-state index is 11.5. The first-order valence-electron chi connectivity index (χ1n) is 5.94. The second-order valence-electron chi connectivity index (χ2n) is 4.36. The smallest absolute Gasteiger partial charge is 0.221 e. The van der Waals surface area contributed by atoms with Crippen LogP contribution in [0.5, 0.6) is 0 Å². The molecule has 0 bridgehead atoms. The minimum Gasteiger partial charge on any atom is -0.352 e. The lowest BCUT2D eigenvalue weighted by Gasteiger charge is -2.26. The summed E-state index contributed by atoms with van der Waals surface area (Å²) in [6.07, 6.45) is 4.50. The molecule has 0 aromatic carbocycles. The molecule has 0 aromatic rings. The highest BCUT2D eigenvalue weighted by Gasteiger charge is 2.12. The predicted molar refractivity (Wildman–Crippen MR) is 61.6 cm³/mol. The maximum Gasteiger partial charge on any atom is 0.221 e. The van der Waals surface area contributed by atoms with Crippen LogP contribution in [-0.4, -0.2) is 43.0 Å². The molecule has 1 aliphatic heterocycles. The highest BCUT2D eigenvalue weighted by Crippen LogP contribution is 2.08. The summed E-state index contributed by atoms with van der Waals surface area (Å²) < 4.78 is 0. The second kappa shape index (κ2) is 6.80. The van der Waals surface area contributed by atoms with E-state index in [2.05, 4.69) is 10.2 Å². The summed E-state index contributed by atoms with van der Waals surface area (Å²) in [4.78, 5) is 13.8. The van der Waals surface area contributed by atoms with Crippen molar-refractivity contribution >= 4 is 5.91 Å². The molecule has 1 rings (SSSR count). The fourth-order valence-electron chi connectivity index (χ4n) is 1.85. The van der Waals surface area contributed by atoms with Gasteiger partial charge in [0, 0.05) is 25.6 Å². The molecule has 1 amide bonds. The Morgan fingerprint density at radius 1 is 1.40 bits per heavy atom. The molecule has 4 heteroatoms. The average Bonchev–Trinajstić information content (AvgIpc) is 2.27. The van der Waals surface area contributed by atoms with Crippen LogP contribution in [0.1, 0.15) is 32.6 Å². The fraction of sp³-hybridized carbons (Fsp3) is 0.909. The van der Waals surface area contributed by atoms with Gasteiger partial charge in [0.2, 0.25) is 5.91 Å². The van der Waals surface area contributed by atoms with Crippen molar-refractivity contribution in [2.45, 2.75) is 38.6 Å². The number of nitrogens with zero attached hydrogens (tertiary/aromatic N) is 1. The number of amides is 1. The van der Waals surface area contributed by atoms with Crippen LogP contribution in [-0.2, 0) is 4.79 Å². The van der Waals surface area contributed by atoms with Crippen LogP contribution in [0, 0.1) is 0 Å². The molecular formula is C11H23N3O. The molecule has 1 unspecified atom stereocenters. The number of hydrogen-bond donors (Lipinski definition) is 2. The molecule has 88 valence electrons. The van der Waals surface area contributed by atoms with Gasteiger partial charge in [-0.25, -0.2) is 0 Å². The van der Waals surface area contributed by atoms with Gasteiger partial charge in [-0.1, -0.05) is 6.42 Å². The highest BCUT2D eigenvalue weighted by molar-refractivity contribution is 5.76. The number of hydrogen-bond acceptors (Lipinski definition) is 3. The SMILES string of the molecule is CC(CN)NC(=O)CCN1CCCCC1. The lowest BCUT2D eigenvalue weighted by Crippen LogP contribution is -2.40. The van der Waals surface area contributed by atoms with Crippen LogP contribution in [0.15, 0.2) is 0 Å². The Balaban J connectivity index is 2.10. The lowest BCUT2D eigenvalue weighted by molar-refractivity contribution is -0.122. The average molecular weight is 213 g/mol. The van der Waals surface area contributed by atoms with Gasteiger partial charge in [-0.2, -0.15) is 0 Å². The first-order valence-corrected chi connectivity index (χ1v) is 5.94. The van der Waals surface area contributed by atoms with Gasteiger partial charge in [0.25, 0.3) is 0 Å². The van der Waals surface area contributed by atoms with E-state index in [-0.39, 0.29) is 11.9 Å². The highest BCUT2D eigenvalue weighted by atomic mass is 16.1. The summed E-state index contributed by atoms with van der Waals surface area (Å²) in [5, 5.41) is 2.88. The van der Waals surface area contributed by atoms with Gasteiger partial charge in [0.1, 0.15) is 0 Å². The monoisotopic (exact) mass is 213 g/mol. The lowest BCUT2D eigenvalue weighted by atomic mass is 10.1. The quantitative estimate of drug-likeness (QED) is 0.692. The third kappa shape index (κ3) is 5.14. The van der Waals surface area contributed by atoms with Crippen LogP contribution in [0.3, 0.4) is 0 Å². The molecule has 0 aliphatic carbocycles. The summed E-state index contributed by atoms with van der Waals surface area (Å²) in [6.45, 7) is 5.64. The van der Waals surface area contributed by atoms with Gasteiger partial charge < -0.3 is 16.0 Å². The molecule has 1 atom stereocenters. The van der Waals surface area contributed by atoms with Gasteiger partial charge >= 0.3 is 0 Å². The number of nitrogens with one attached hydrogen (secondary N) is 1. The Morgan fingerprint density at radius 3 is 2.67 bits per heavy atom. The van der Waals surface area contributed by atoms with Crippen LogP contribution in [0.4, 0.5) is 0 Å². The van der Waals surface area contributed by atoms with E-state index in [0.717, 1.165) is 19.6 Å². The number of carbonyl (C=O) groups is 1. The zero-order valence-electron chi connectivity index (χ0n) is 9.67. The molecule has 0 aromatic heterocycles. The van der Waals surface area contributed by atoms with E-state index in [1.807, 2.05) is 6.92 Å². The van der Waals surface area contributed by atoms with Gasteiger partial charge in [0.15, 0.2) is 0 Å². The topological polar surface area (TPSA) is 58.4 Å². The normalized spacial score (nSPS) is 19.9. The molecule has 1 fully saturated rings. The van der Waals surface area contributed by atoms with Crippen LogP contribution < -0.4 is 11.1 Å². The molecule has 15 heavy (non-hydrogen) atoms. The predicted octanol–water partition coefficient (Wildman–Crippen LogP) is 0.326. The Bertz CT molecular complexity index is 190. The van der Waals surface area contributed by atoms with E-state index < -0.39 is 0 Å². The van der Waals surface area contributed by atoms with Gasteiger partial charge in [0.05, 0.1) is 0 Å². The number of nitrogens with two attached hydrogens (primary N) is 1.